The minimum Gasteiger partial charge on any atom is -0.374 e. The van der Waals surface area contributed by atoms with E-state index in [-0.39, 0.29) is 0 Å². The van der Waals surface area contributed by atoms with Gasteiger partial charge in [-0.05, 0) is 6.26 Å². The number of anilines is 1. The number of benzene rings is 2. The highest BCUT2D eigenvalue weighted by Crippen LogP contribution is 2.37. The molecule has 0 aliphatic carbocycles. The van der Waals surface area contributed by atoms with Crippen LogP contribution in [0.2, 0.25) is 0 Å². The molecule has 2 aromatic carbocycles. The third-order valence-corrected chi connectivity index (χ3v) is 4.14. The van der Waals surface area contributed by atoms with Gasteiger partial charge in [0.15, 0.2) is 5.16 Å². The zero-order valence-corrected chi connectivity index (χ0v) is 14.3. The van der Waals surface area contributed by atoms with Crippen LogP contribution in [0.4, 0.5) is 5.69 Å². The van der Waals surface area contributed by atoms with Crippen molar-refractivity contribution in [3.8, 4) is 22.5 Å². The Balaban J connectivity index is 2.31. The third kappa shape index (κ3) is 3.22. The van der Waals surface area contributed by atoms with E-state index in [0.717, 1.165) is 33.4 Å². The number of hydrogen-bond acceptors (Lipinski definition) is 4. The van der Waals surface area contributed by atoms with Crippen molar-refractivity contribution in [3.63, 3.8) is 0 Å². The summed E-state index contributed by atoms with van der Waals surface area (Å²) in [5.41, 5.74) is 5.18. The smallest absolute Gasteiger partial charge is 0.188 e. The van der Waals surface area contributed by atoms with Gasteiger partial charge in [-0.15, -0.1) is 0 Å². The monoisotopic (exact) mass is 321 g/mol. The second-order valence-electron chi connectivity index (χ2n) is 5.38. The molecule has 3 rings (SSSR count). The fourth-order valence-electron chi connectivity index (χ4n) is 2.54. The van der Waals surface area contributed by atoms with Crippen LogP contribution in [-0.4, -0.2) is 30.3 Å². The second kappa shape index (κ2) is 6.84. The SMILES string of the molecule is CSc1nc(-c2ccccc2)c(N(C)C)c(-c2ccccc2)n1. The molecule has 0 saturated heterocycles. The van der Waals surface area contributed by atoms with Crippen molar-refractivity contribution in [2.24, 2.45) is 0 Å². The molecule has 0 saturated carbocycles. The first-order chi connectivity index (χ1) is 11.2. The first kappa shape index (κ1) is 15.6. The van der Waals surface area contributed by atoms with Crippen molar-refractivity contribution in [1.82, 2.24) is 9.97 Å². The highest BCUT2D eigenvalue weighted by atomic mass is 32.2. The molecule has 3 nitrogen and oxygen atoms in total. The van der Waals surface area contributed by atoms with Gasteiger partial charge in [-0.3, -0.25) is 0 Å². The van der Waals surface area contributed by atoms with Crippen LogP contribution in [0.3, 0.4) is 0 Å². The van der Waals surface area contributed by atoms with Gasteiger partial charge in [-0.1, -0.05) is 72.4 Å². The van der Waals surface area contributed by atoms with E-state index in [9.17, 15) is 0 Å². The topological polar surface area (TPSA) is 29.0 Å². The molecular weight excluding hydrogens is 302 g/mol. The van der Waals surface area contributed by atoms with Crippen LogP contribution in [-0.2, 0) is 0 Å². The Labute approximate surface area is 141 Å². The molecule has 116 valence electrons. The summed E-state index contributed by atoms with van der Waals surface area (Å²) in [7, 11) is 4.08. The average molecular weight is 321 g/mol. The summed E-state index contributed by atoms with van der Waals surface area (Å²) in [6.07, 6.45) is 2.01. The van der Waals surface area contributed by atoms with Crippen molar-refractivity contribution in [2.45, 2.75) is 5.16 Å². The Bertz CT molecular complexity index is 726. The maximum Gasteiger partial charge on any atom is 0.188 e. The molecule has 0 fully saturated rings. The number of rotatable bonds is 4. The quantitative estimate of drug-likeness (QED) is 0.519. The lowest BCUT2D eigenvalue weighted by molar-refractivity contribution is 0.961. The second-order valence-corrected chi connectivity index (χ2v) is 6.16. The molecule has 0 N–H and O–H groups in total. The minimum absolute atomic E-state index is 0.785. The minimum atomic E-state index is 0.785. The van der Waals surface area contributed by atoms with E-state index in [4.69, 9.17) is 9.97 Å². The van der Waals surface area contributed by atoms with E-state index in [2.05, 4.69) is 29.2 Å². The molecular formula is C19H19N3S. The van der Waals surface area contributed by atoms with E-state index in [1.807, 2.05) is 56.7 Å². The molecule has 4 heteroatoms. The average Bonchev–Trinajstić information content (AvgIpc) is 2.62. The largest absolute Gasteiger partial charge is 0.374 e. The summed E-state index contributed by atoms with van der Waals surface area (Å²) >= 11 is 1.57. The lowest BCUT2D eigenvalue weighted by atomic mass is 10.0. The molecule has 1 aromatic heterocycles. The Morgan fingerprint density at radius 1 is 0.739 bits per heavy atom. The lowest BCUT2D eigenvalue weighted by Gasteiger charge is -2.21. The van der Waals surface area contributed by atoms with Crippen LogP contribution >= 0.6 is 11.8 Å². The van der Waals surface area contributed by atoms with Crippen LogP contribution in [0.25, 0.3) is 22.5 Å². The zero-order valence-electron chi connectivity index (χ0n) is 13.5. The number of hydrogen-bond donors (Lipinski definition) is 0. The molecule has 3 aromatic rings. The van der Waals surface area contributed by atoms with Crippen LogP contribution in [0.1, 0.15) is 0 Å². The predicted molar refractivity (Wildman–Crippen MR) is 99.0 cm³/mol. The van der Waals surface area contributed by atoms with Gasteiger partial charge in [0.05, 0.1) is 17.1 Å². The molecule has 0 aliphatic heterocycles. The van der Waals surface area contributed by atoms with Crippen LogP contribution in [0, 0.1) is 0 Å². The molecule has 23 heavy (non-hydrogen) atoms. The Hall–Kier alpha value is -2.33. The molecule has 0 bridgehead atoms. The summed E-state index contributed by atoms with van der Waals surface area (Å²) in [6.45, 7) is 0. The Kier molecular flexibility index (Phi) is 4.63. The standard InChI is InChI=1S/C19H19N3S/c1-22(2)18-16(14-10-6-4-7-11-14)20-19(23-3)21-17(18)15-12-8-5-9-13-15/h4-13H,1-3H3. The predicted octanol–water partition coefficient (Wildman–Crippen LogP) is 4.60. The molecule has 0 radical (unpaired) electrons. The Morgan fingerprint density at radius 3 is 1.52 bits per heavy atom. The first-order valence-corrected chi connectivity index (χ1v) is 8.67. The van der Waals surface area contributed by atoms with E-state index < -0.39 is 0 Å². The van der Waals surface area contributed by atoms with Crippen molar-refractivity contribution >= 4 is 17.4 Å². The molecule has 0 spiro atoms. The highest BCUT2D eigenvalue weighted by Gasteiger charge is 2.18. The summed E-state index contributed by atoms with van der Waals surface area (Å²) in [5, 5.41) is 0.785. The van der Waals surface area contributed by atoms with Crippen molar-refractivity contribution in [2.75, 3.05) is 25.3 Å². The lowest BCUT2D eigenvalue weighted by Crippen LogP contribution is -2.14. The van der Waals surface area contributed by atoms with Gasteiger partial charge < -0.3 is 4.90 Å². The molecule has 1 heterocycles. The number of nitrogens with zero attached hydrogens (tertiary/aromatic N) is 3. The van der Waals surface area contributed by atoms with Gasteiger partial charge >= 0.3 is 0 Å². The number of thioether (sulfide) groups is 1. The number of aromatic nitrogens is 2. The van der Waals surface area contributed by atoms with Crippen molar-refractivity contribution in [1.29, 1.82) is 0 Å². The van der Waals surface area contributed by atoms with Crippen LogP contribution < -0.4 is 4.90 Å². The third-order valence-electron chi connectivity index (χ3n) is 3.59. The molecule has 0 amide bonds. The maximum absolute atomic E-state index is 4.78. The molecule has 0 aliphatic rings. The van der Waals surface area contributed by atoms with Gasteiger partial charge in [0, 0.05) is 25.2 Å². The van der Waals surface area contributed by atoms with Crippen molar-refractivity contribution < 1.29 is 0 Å². The maximum atomic E-state index is 4.78. The van der Waals surface area contributed by atoms with E-state index >= 15 is 0 Å². The normalized spacial score (nSPS) is 10.6. The fourth-order valence-corrected chi connectivity index (χ4v) is 2.91. The highest BCUT2D eigenvalue weighted by molar-refractivity contribution is 7.98. The summed E-state index contributed by atoms with van der Waals surface area (Å²) in [4.78, 5) is 11.7. The van der Waals surface area contributed by atoms with E-state index in [1.54, 1.807) is 11.8 Å². The van der Waals surface area contributed by atoms with Gasteiger partial charge in [0.2, 0.25) is 0 Å². The Morgan fingerprint density at radius 2 is 1.17 bits per heavy atom. The van der Waals surface area contributed by atoms with Gasteiger partial charge in [0.25, 0.3) is 0 Å². The molecule has 0 atom stereocenters. The van der Waals surface area contributed by atoms with E-state index in [1.165, 1.54) is 0 Å². The van der Waals surface area contributed by atoms with Crippen LogP contribution in [0.15, 0.2) is 65.8 Å². The van der Waals surface area contributed by atoms with Crippen LogP contribution in [0.5, 0.6) is 0 Å². The summed E-state index contributed by atoms with van der Waals surface area (Å²) in [6, 6.07) is 20.6. The summed E-state index contributed by atoms with van der Waals surface area (Å²) in [5.74, 6) is 0. The zero-order chi connectivity index (χ0) is 16.2. The first-order valence-electron chi connectivity index (χ1n) is 7.45. The van der Waals surface area contributed by atoms with Crippen molar-refractivity contribution in [3.05, 3.63) is 60.7 Å². The molecule has 0 unspecified atom stereocenters. The fraction of sp³-hybridized carbons (Fsp3) is 0.158. The summed E-state index contributed by atoms with van der Waals surface area (Å²) < 4.78 is 0. The van der Waals surface area contributed by atoms with E-state index in [0.29, 0.717) is 0 Å². The van der Waals surface area contributed by atoms with Gasteiger partial charge in [0.1, 0.15) is 0 Å². The van der Waals surface area contributed by atoms with Gasteiger partial charge in [-0.25, -0.2) is 9.97 Å². The van der Waals surface area contributed by atoms with Gasteiger partial charge in [-0.2, -0.15) is 0 Å².